The van der Waals surface area contributed by atoms with Crippen molar-refractivity contribution in [3.8, 4) is 0 Å². The molecule has 0 atom stereocenters. The van der Waals surface area contributed by atoms with Crippen LogP contribution in [-0.2, 0) is 12.7 Å². The number of nitrogens with two attached hydrogens (primary N) is 1. The van der Waals surface area contributed by atoms with Crippen LogP contribution in [0.5, 0.6) is 0 Å². The van der Waals surface area contributed by atoms with Gasteiger partial charge >= 0.3 is 6.18 Å². The molecule has 1 heterocycles. The van der Waals surface area contributed by atoms with Crippen LogP contribution >= 0.6 is 12.4 Å². The third kappa shape index (κ3) is 3.20. The minimum absolute atomic E-state index is 0. The molecule has 0 aliphatic carbocycles. The van der Waals surface area contributed by atoms with E-state index in [1.165, 1.54) is 12.1 Å². The van der Waals surface area contributed by atoms with Gasteiger partial charge < -0.3 is 5.73 Å². The Morgan fingerprint density at radius 2 is 1.92 bits per heavy atom. The van der Waals surface area contributed by atoms with E-state index in [0.29, 0.717) is 0 Å². The van der Waals surface area contributed by atoms with Crippen LogP contribution < -0.4 is 5.73 Å². The van der Waals surface area contributed by atoms with Gasteiger partial charge in [0.1, 0.15) is 5.69 Å². The van der Waals surface area contributed by atoms with Crippen LogP contribution in [0, 0.1) is 0 Å². The van der Waals surface area contributed by atoms with Gasteiger partial charge in [-0.1, -0.05) is 6.07 Å². The number of aromatic nitrogens is 1. The number of pyridine rings is 1. The van der Waals surface area contributed by atoms with Crippen LogP contribution in [0.2, 0.25) is 0 Å². The molecule has 0 unspecified atom stereocenters. The average Bonchev–Trinajstić information content (AvgIpc) is 2.03. The van der Waals surface area contributed by atoms with E-state index in [1.807, 2.05) is 0 Å². The fourth-order valence-electron chi connectivity index (χ4n) is 0.751. The lowest BCUT2D eigenvalue weighted by Crippen LogP contribution is -2.10. The second kappa shape index (κ2) is 4.43. The highest BCUT2D eigenvalue weighted by Crippen LogP contribution is 2.27. The van der Waals surface area contributed by atoms with Gasteiger partial charge in [-0.3, -0.25) is 0 Å². The third-order valence-electron chi connectivity index (χ3n) is 1.31. The topological polar surface area (TPSA) is 38.9 Å². The van der Waals surface area contributed by atoms with E-state index in [9.17, 15) is 13.2 Å². The lowest BCUT2D eigenvalue weighted by atomic mass is 10.3. The van der Waals surface area contributed by atoms with Gasteiger partial charge in [0, 0.05) is 6.54 Å². The monoisotopic (exact) mass is 212 g/mol. The fourth-order valence-corrected chi connectivity index (χ4v) is 0.751. The van der Waals surface area contributed by atoms with E-state index in [1.54, 1.807) is 0 Å². The van der Waals surface area contributed by atoms with Crippen molar-refractivity contribution in [1.82, 2.24) is 4.98 Å². The molecule has 6 heteroatoms. The smallest absolute Gasteiger partial charge is 0.325 e. The van der Waals surface area contributed by atoms with Crippen molar-refractivity contribution in [1.29, 1.82) is 0 Å². The molecule has 0 aliphatic heterocycles. The average molecular weight is 213 g/mol. The molecule has 2 nitrogen and oxygen atoms in total. The molecule has 0 spiro atoms. The molecule has 1 aromatic heterocycles. The van der Waals surface area contributed by atoms with Gasteiger partial charge in [-0.2, -0.15) is 13.2 Å². The summed E-state index contributed by atoms with van der Waals surface area (Å²) >= 11 is 0. The molecular weight excluding hydrogens is 205 g/mol. The third-order valence-corrected chi connectivity index (χ3v) is 1.31. The van der Waals surface area contributed by atoms with Gasteiger partial charge in [0.15, 0.2) is 0 Å². The first kappa shape index (κ1) is 12.2. The summed E-state index contributed by atoms with van der Waals surface area (Å²) in [5.74, 6) is 0. The van der Waals surface area contributed by atoms with Gasteiger partial charge in [-0.15, -0.1) is 12.4 Å². The van der Waals surface area contributed by atoms with Crippen LogP contribution in [0.3, 0.4) is 0 Å². The summed E-state index contributed by atoms with van der Waals surface area (Å²) < 4.78 is 36.0. The molecule has 0 fully saturated rings. The molecule has 1 aromatic rings. The molecule has 0 saturated heterocycles. The Labute approximate surface area is 79.4 Å². The Hall–Kier alpha value is -0.810. The van der Waals surface area contributed by atoms with Gasteiger partial charge in [-0.05, 0) is 12.1 Å². The molecule has 0 saturated carbocycles. The first-order valence-corrected chi connectivity index (χ1v) is 3.27. The fraction of sp³-hybridized carbons (Fsp3) is 0.286. The van der Waals surface area contributed by atoms with Crippen LogP contribution in [0.4, 0.5) is 13.2 Å². The molecular formula is C7H8ClF3N2. The molecule has 74 valence electrons. The summed E-state index contributed by atoms with van der Waals surface area (Å²) in [6, 6.07) is 3.66. The van der Waals surface area contributed by atoms with E-state index >= 15 is 0 Å². The SMILES string of the molecule is Cl.NCc1cccc(C(F)(F)F)n1. The number of nitrogens with zero attached hydrogens (tertiary/aromatic N) is 1. The quantitative estimate of drug-likeness (QED) is 0.773. The number of rotatable bonds is 1. The molecule has 0 aromatic carbocycles. The van der Waals surface area contributed by atoms with E-state index in [2.05, 4.69) is 4.98 Å². The summed E-state index contributed by atoms with van der Waals surface area (Å²) in [7, 11) is 0. The summed E-state index contributed by atoms with van der Waals surface area (Å²) in [4.78, 5) is 3.31. The van der Waals surface area contributed by atoms with Crippen LogP contribution in [0.25, 0.3) is 0 Å². The van der Waals surface area contributed by atoms with Crippen molar-refractivity contribution in [2.75, 3.05) is 0 Å². The summed E-state index contributed by atoms with van der Waals surface area (Å²) in [6.07, 6.45) is -4.38. The zero-order valence-electron chi connectivity index (χ0n) is 6.51. The van der Waals surface area contributed by atoms with Crippen LogP contribution in [0.1, 0.15) is 11.4 Å². The van der Waals surface area contributed by atoms with Crippen molar-refractivity contribution in [2.45, 2.75) is 12.7 Å². The Morgan fingerprint density at radius 1 is 1.31 bits per heavy atom. The number of hydrogen-bond acceptors (Lipinski definition) is 2. The van der Waals surface area contributed by atoms with Crippen molar-refractivity contribution in [3.05, 3.63) is 29.6 Å². The highest BCUT2D eigenvalue weighted by molar-refractivity contribution is 5.85. The second-order valence-electron chi connectivity index (χ2n) is 2.22. The van der Waals surface area contributed by atoms with Crippen LogP contribution in [-0.4, -0.2) is 4.98 Å². The highest BCUT2D eigenvalue weighted by atomic mass is 35.5. The van der Waals surface area contributed by atoms with Crippen molar-refractivity contribution < 1.29 is 13.2 Å². The van der Waals surface area contributed by atoms with Gasteiger partial charge in [0.05, 0.1) is 5.69 Å². The number of alkyl halides is 3. The minimum Gasteiger partial charge on any atom is -0.325 e. The molecule has 0 aliphatic rings. The minimum atomic E-state index is -4.38. The lowest BCUT2D eigenvalue weighted by molar-refractivity contribution is -0.141. The largest absolute Gasteiger partial charge is 0.433 e. The number of halogens is 4. The van der Waals surface area contributed by atoms with Gasteiger partial charge in [0.2, 0.25) is 0 Å². The first-order valence-electron chi connectivity index (χ1n) is 3.27. The first-order chi connectivity index (χ1) is 5.54. The van der Waals surface area contributed by atoms with Crippen molar-refractivity contribution in [3.63, 3.8) is 0 Å². The molecule has 0 radical (unpaired) electrons. The molecule has 0 amide bonds. The standard InChI is InChI=1S/C7H7F3N2.ClH/c8-7(9,10)6-3-1-2-5(4-11)12-6;/h1-3H,4,11H2;1H. The Bertz CT molecular complexity index is 275. The molecule has 2 N–H and O–H groups in total. The van der Waals surface area contributed by atoms with E-state index in [0.717, 1.165) is 6.07 Å². The highest BCUT2D eigenvalue weighted by Gasteiger charge is 2.32. The van der Waals surface area contributed by atoms with E-state index < -0.39 is 11.9 Å². The van der Waals surface area contributed by atoms with Crippen LogP contribution in [0.15, 0.2) is 18.2 Å². The zero-order chi connectivity index (χ0) is 9.19. The Kier molecular flexibility index (Phi) is 4.16. The maximum atomic E-state index is 12.0. The zero-order valence-corrected chi connectivity index (χ0v) is 7.32. The Balaban J connectivity index is 0.00000144. The predicted molar refractivity (Wildman–Crippen MR) is 44.4 cm³/mol. The van der Waals surface area contributed by atoms with E-state index in [4.69, 9.17) is 5.73 Å². The van der Waals surface area contributed by atoms with Crippen molar-refractivity contribution in [2.24, 2.45) is 5.73 Å². The molecule has 0 bridgehead atoms. The maximum Gasteiger partial charge on any atom is 0.433 e. The second-order valence-corrected chi connectivity index (χ2v) is 2.22. The lowest BCUT2D eigenvalue weighted by Gasteiger charge is -2.05. The van der Waals surface area contributed by atoms with Gasteiger partial charge in [0.25, 0.3) is 0 Å². The predicted octanol–water partition coefficient (Wildman–Crippen LogP) is 1.98. The summed E-state index contributed by atoms with van der Waals surface area (Å²) in [5, 5.41) is 0. The summed E-state index contributed by atoms with van der Waals surface area (Å²) in [6.45, 7) is 0.0178. The molecule has 1 rings (SSSR count). The van der Waals surface area contributed by atoms with E-state index in [-0.39, 0.29) is 24.6 Å². The number of hydrogen-bond donors (Lipinski definition) is 1. The van der Waals surface area contributed by atoms with Gasteiger partial charge in [-0.25, -0.2) is 4.98 Å². The Morgan fingerprint density at radius 3 is 2.38 bits per heavy atom. The normalized spacial score (nSPS) is 10.8. The summed E-state index contributed by atoms with van der Waals surface area (Å²) in [5.41, 5.74) is 4.47. The van der Waals surface area contributed by atoms with Crippen molar-refractivity contribution >= 4 is 12.4 Å². The molecule has 13 heavy (non-hydrogen) atoms. The maximum absolute atomic E-state index is 12.0.